The molecule has 3 heteroatoms. The molecule has 1 amide bonds. The third-order valence-corrected chi connectivity index (χ3v) is 5.17. The van der Waals surface area contributed by atoms with Crippen molar-refractivity contribution in [3.63, 3.8) is 0 Å². The second-order valence-corrected chi connectivity index (χ2v) is 6.86. The first kappa shape index (κ1) is 14.6. The summed E-state index contributed by atoms with van der Waals surface area (Å²) < 4.78 is 0. The van der Waals surface area contributed by atoms with E-state index >= 15 is 0 Å². The minimum Gasteiger partial charge on any atom is -0.356 e. The fourth-order valence-corrected chi connectivity index (χ4v) is 4.01. The molecule has 3 unspecified atom stereocenters. The summed E-state index contributed by atoms with van der Waals surface area (Å²) in [6, 6.07) is 4.06. The Hall–Kier alpha value is -1.38. The molecule has 1 heterocycles. The summed E-state index contributed by atoms with van der Waals surface area (Å²) in [5, 5.41) is 3.15. The smallest absolute Gasteiger partial charge is 0.229 e. The van der Waals surface area contributed by atoms with Crippen molar-refractivity contribution in [2.45, 2.75) is 57.8 Å². The summed E-state index contributed by atoms with van der Waals surface area (Å²) >= 11 is 0. The highest BCUT2D eigenvalue weighted by molar-refractivity contribution is 5.84. The summed E-state index contributed by atoms with van der Waals surface area (Å²) in [7, 11) is 0. The molecule has 3 rings (SSSR count). The van der Waals surface area contributed by atoms with E-state index in [0.29, 0.717) is 0 Å². The molecule has 21 heavy (non-hydrogen) atoms. The summed E-state index contributed by atoms with van der Waals surface area (Å²) in [6.45, 7) is 3.18. The number of pyridine rings is 1. The number of hydrogen-bond donors (Lipinski definition) is 1. The van der Waals surface area contributed by atoms with Crippen LogP contribution in [0.2, 0.25) is 0 Å². The molecule has 0 spiro atoms. The number of carbonyl (C=O) groups excluding carboxylic acids is 1. The number of fused-ring (bicyclic) bond motifs is 1. The predicted octanol–water partition coefficient (Wildman–Crippen LogP) is 3.44. The van der Waals surface area contributed by atoms with Crippen molar-refractivity contribution in [3.8, 4) is 0 Å². The van der Waals surface area contributed by atoms with Crippen molar-refractivity contribution in [1.29, 1.82) is 0 Å². The van der Waals surface area contributed by atoms with Gasteiger partial charge in [0, 0.05) is 12.7 Å². The second-order valence-electron chi connectivity index (χ2n) is 6.86. The molecule has 0 aliphatic heterocycles. The summed E-state index contributed by atoms with van der Waals surface area (Å²) in [6.07, 6.45) is 10.3. The van der Waals surface area contributed by atoms with Crippen molar-refractivity contribution in [3.05, 3.63) is 29.6 Å². The van der Waals surface area contributed by atoms with Gasteiger partial charge in [-0.1, -0.05) is 32.3 Å². The fraction of sp³-hybridized carbons (Fsp3) is 0.667. The third-order valence-electron chi connectivity index (χ3n) is 5.17. The molecule has 0 bridgehead atoms. The Balaban J connectivity index is 1.47. The van der Waals surface area contributed by atoms with E-state index in [2.05, 4.69) is 23.3 Å². The molecule has 0 saturated heterocycles. The van der Waals surface area contributed by atoms with Gasteiger partial charge in [-0.15, -0.1) is 0 Å². The SMILES string of the molecule is CC1CCCC(CCNC(=O)C2CCc3cccnc32)C1. The molecule has 1 saturated carbocycles. The molecular formula is C18H26N2O. The Morgan fingerprint density at radius 3 is 3.14 bits per heavy atom. The van der Waals surface area contributed by atoms with Crippen LogP contribution in [0, 0.1) is 11.8 Å². The monoisotopic (exact) mass is 286 g/mol. The molecule has 1 aromatic rings. The van der Waals surface area contributed by atoms with Crippen LogP contribution in [0.4, 0.5) is 0 Å². The Kier molecular flexibility index (Phi) is 4.57. The number of nitrogens with zero attached hydrogens (tertiary/aromatic N) is 1. The van der Waals surface area contributed by atoms with Gasteiger partial charge in [-0.05, 0) is 49.1 Å². The van der Waals surface area contributed by atoms with Crippen LogP contribution >= 0.6 is 0 Å². The first-order valence-corrected chi connectivity index (χ1v) is 8.45. The van der Waals surface area contributed by atoms with Crippen LogP contribution in [0.3, 0.4) is 0 Å². The molecular weight excluding hydrogens is 260 g/mol. The maximum absolute atomic E-state index is 12.4. The van der Waals surface area contributed by atoms with Gasteiger partial charge in [0.2, 0.25) is 5.91 Å². The van der Waals surface area contributed by atoms with Gasteiger partial charge in [0.25, 0.3) is 0 Å². The molecule has 1 fully saturated rings. The first-order valence-electron chi connectivity index (χ1n) is 8.45. The molecule has 3 nitrogen and oxygen atoms in total. The molecule has 2 aliphatic rings. The second kappa shape index (κ2) is 6.59. The molecule has 114 valence electrons. The third kappa shape index (κ3) is 3.45. The highest BCUT2D eigenvalue weighted by atomic mass is 16.1. The molecule has 0 aromatic carbocycles. The Morgan fingerprint density at radius 1 is 1.38 bits per heavy atom. The number of rotatable bonds is 4. The van der Waals surface area contributed by atoms with Crippen LogP contribution in [-0.4, -0.2) is 17.4 Å². The Bertz CT molecular complexity index is 500. The van der Waals surface area contributed by atoms with Gasteiger partial charge in [-0.2, -0.15) is 0 Å². The van der Waals surface area contributed by atoms with E-state index in [4.69, 9.17) is 0 Å². The van der Waals surface area contributed by atoms with Gasteiger partial charge in [-0.25, -0.2) is 0 Å². The maximum atomic E-state index is 12.4. The van der Waals surface area contributed by atoms with E-state index in [1.165, 1.54) is 31.2 Å². The zero-order chi connectivity index (χ0) is 14.7. The molecule has 1 N–H and O–H groups in total. The minimum atomic E-state index is -0.0218. The van der Waals surface area contributed by atoms with E-state index < -0.39 is 0 Å². The van der Waals surface area contributed by atoms with Crippen molar-refractivity contribution >= 4 is 5.91 Å². The molecule has 0 radical (unpaired) electrons. The lowest BCUT2D eigenvalue weighted by molar-refractivity contribution is -0.122. The van der Waals surface area contributed by atoms with Gasteiger partial charge in [0.15, 0.2) is 0 Å². The number of nitrogens with one attached hydrogen (secondary N) is 1. The number of aryl methyl sites for hydroxylation is 1. The van der Waals surface area contributed by atoms with Crippen molar-refractivity contribution in [2.75, 3.05) is 6.54 Å². The number of hydrogen-bond acceptors (Lipinski definition) is 2. The van der Waals surface area contributed by atoms with Crippen LogP contribution in [0.25, 0.3) is 0 Å². The van der Waals surface area contributed by atoms with E-state index in [1.54, 1.807) is 6.20 Å². The van der Waals surface area contributed by atoms with Gasteiger partial charge in [0.05, 0.1) is 11.6 Å². The quantitative estimate of drug-likeness (QED) is 0.921. The number of aromatic nitrogens is 1. The summed E-state index contributed by atoms with van der Waals surface area (Å²) in [5.41, 5.74) is 2.25. The zero-order valence-corrected chi connectivity index (χ0v) is 13.0. The highest BCUT2D eigenvalue weighted by Gasteiger charge is 2.29. The van der Waals surface area contributed by atoms with Gasteiger partial charge >= 0.3 is 0 Å². The fourth-order valence-electron chi connectivity index (χ4n) is 4.01. The van der Waals surface area contributed by atoms with E-state index in [-0.39, 0.29) is 11.8 Å². The van der Waals surface area contributed by atoms with E-state index in [1.807, 2.05) is 6.07 Å². The summed E-state index contributed by atoms with van der Waals surface area (Å²) in [4.78, 5) is 16.8. The molecule has 3 atom stereocenters. The van der Waals surface area contributed by atoms with Crippen LogP contribution in [0.5, 0.6) is 0 Å². The highest BCUT2D eigenvalue weighted by Crippen LogP contribution is 2.32. The first-order chi connectivity index (χ1) is 10.2. The molecule has 2 aliphatic carbocycles. The number of amides is 1. The van der Waals surface area contributed by atoms with Crippen LogP contribution in [0.15, 0.2) is 18.3 Å². The van der Waals surface area contributed by atoms with Crippen molar-refractivity contribution < 1.29 is 4.79 Å². The maximum Gasteiger partial charge on any atom is 0.229 e. The normalized spacial score (nSPS) is 28.1. The van der Waals surface area contributed by atoms with Crippen LogP contribution in [-0.2, 0) is 11.2 Å². The van der Waals surface area contributed by atoms with Crippen LogP contribution < -0.4 is 5.32 Å². The lowest BCUT2D eigenvalue weighted by Crippen LogP contribution is -2.31. The predicted molar refractivity (Wildman–Crippen MR) is 84.0 cm³/mol. The molecule has 1 aromatic heterocycles. The average molecular weight is 286 g/mol. The van der Waals surface area contributed by atoms with Crippen molar-refractivity contribution in [1.82, 2.24) is 10.3 Å². The standard InChI is InChI=1S/C18H26N2O/c1-13-4-2-5-14(12-13)9-11-20-18(21)16-8-7-15-6-3-10-19-17(15)16/h3,6,10,13-14,16H,2,4-5,7-9,11-12H2,1H3,(H,20,21). The van der Waals surface area contributed by atoms with E-state index in [0.717, 1.165) is 43.3 Å². The zero-order valence-electron chi connectivity index (χ0n) is 13.0. The summed E-state index contributed by atoms with van der Waals surface area (Å²) in [5.74, 6) is 1.83. The van der Waals surface area contributed by atoms with Crippen LogP contribution in [0.1, 0.15) is 62.6 Å². The average Bonchev–Trinajstić information content (AvgIpc) is 2.91. The minimum absolute atomic E-state index is 0.0218. The Labute approximate surface area is 127 Å². The van der Waals surface area contributed by atoms with E-state index in [9.17, 15) is 4.79 Å². The van der Waals surface area contributed by atoms with Gasteiger partial charge in [-0.3, -0.25) is 9.78 Å². The Morgan fingerprint density at radius 2 is 2.29 bits per heavy atom. The topological polar surface area (TPSA) is 42.0 Å². The number of carbonyl (C=O) groups is 1. The lowest BCUT2D eigenvalue weighted by Gasteiger charge is -2.26. The lowest BCUT2D eigenvalue weighted by atomic mass is 9.81. The van der Waals surface area contributed by atoms with Crippen molar-refractivity contribution in [2.24, 2.45) is 11.8 Å². The largest absolute Gasteiger partial charge is 0.356 e. The van der Waals surface area contributed by atoms with Gasteiger partial charge in [0.1, 0.15) is 0 Å². The van der Waals surface area contributed by atoms with Gasteiger partial charge < -0.3 is 5.32 Å².